The van der Waals surface area contributed by atoms with Crippen LogP contribution in [0.25, 0.3) is 22.2 Å². The molecule has 0 spiro atoms. The van der Waals surface area contributed by atoms with Crippen LogP contribution >= 0.6 is 11.9 Å². The normalized spacial score (nSPS) is 13.8. The van der Waals surface area contributed by atoms with Gasteiger partial charge in [-0.25, -0.2) is 0 Å². The van der Waals surface area contributed by atoms with Crippen LogP contribution in [0.5, 0.6) is 0 Å². The van der Waals surface area contributed by atoms with Crippen LogP contribution in [0.4, 0.5) is 0 Å². The van der Waals surface area contributed by atoms with Gasteiger partial charge in [0.1, 0.15) is 5.69 Å². The number of nitrogens with two attached hydrogens (primary N) is 1. The molecule has 0 unspecified atom stereocenters. The SMILES string of the molecule is NSc1ccc(-c2nn(CC3COC3)c3cc[nH]c(=O)c23)cc1.O.O. The van der Waals surface area contributed by atoms with E-state index in [1.807, 2.05) is 35.0 Å². The van der Waals surface area contributed by atoms with Crippen molar-refractivity contribution in [1.29, 1.82) is 0 Å². The Bertz CT molecular complexity index is 903. The molecule has 7 N–H and O–H groups in total. The van der Waals surface area contributed by atoms with Gasteiger partial charge in [0.2, 0.25) is 0 Å². The van der Waals surface area contributed by atoms with E-state index in [1.54, 1.807) is 6.20 Å². The number of hydrogen-bond acceptors (Lipinski definition) is 5. The largest absolute Gasteiger partial charge is 0.412 e. The fourth-order valence-electron chi connectivity index (χ4n) is 2.80. The number of H-pyrrole nitrogens is 1. The molecule has 0 amide bonds. The lowest BCUT2D eigenvalue weighted by molar-refractivity contribution is -0.0402. The molecule has 25 heavy (non-hydrogen) atoms. The summed E-state index contributed by atoms with van der Waals surface area (Å²) >= 11 is 1.20. The van der Waals surface area contributed by atoms with Crippen LogP contribution in [0.2, 0.25) is 0 Å². The molecule has 1 aliphatic rings. The fraction of sp³-hybridized carbons (Fsp3) is 0.250. The van der Waals surface area contributed by atoms with Crippen molar-refractivity contribution in [1.82, 2.24) is 14.8 Å². The molecule has 1 fully saturated rings. The zero-order chi connectivity index (χ0) is 15.8. The number of nitrogens with one attached hydrogen (secondary N) is 1. The first-order valence-corrected chi connectivity index (χ1v) is 8.27. The maximum absolute atomic E-state index is 12.3. The topological polar surface area (TPSA) is 149 Å². The average Bonchev–Trinajstić information content (AvgIpc) is 2.91. The highest BCUT2D eigenvalue weighted by atomic mass is 32.2. The van der Waals surface area contributed by atoms with Crippen LogP contribution in [-0.4, -0.2) is 38.9 Å². The Morgan fingerprint density at radius 1 is 1.24 bits per heavy atom. The molecule has 3 heterocycles. The van der Waals surface area contributed by atoms with Crippen LogP contribution in [0.3, 0.4) is 0 Å². The third-order valence-electron chi connectivity index (χ3n) is 4.08. The smallest absolute Gasteiger partial charge is 0.259 e. The van der Waals surface area contributed by atoms with Crippen molar-refractivity contribution in [3.8, 4) is 11.3 Å². The second-order valence-corrected chi connectivity index (χ2v) is 6.35. The molecule has 9 heteroatoms. The highest BCUT2D eigenvalue weighted by Gasteiger charge is 2.22. The van der Waals surface area contributed by atoms with Gasteiger partial charge in [0, 0.05) is 29.1 Å². The van der Waals surface area contributed by atoms with E-state index in [1.165, 1.54) is 11.9 Å². The molecule has 2 aromatic heterocycles. The standard InChI is InChI=1S/C16H16N4O2S.2H2O/c17-23-12-3-1-11(2-4-12)15-14-13(5-6-18-16(14)21)20(19-15)7-10-8-22-9-10;;/h1-6,10H,7-9,17H2,(H,18,21);2*1H2. The number of aromatic amines is 1. The van der Waals surface area contributed by atoms with Crippen molar-refractivity contribution in [3.05, 3.63) is 46.9 Å². The first-order chi connectivity index (χ1) is 11.3. The Labute approximate surface area is 147 Å². The van der Waals surface area contributed by atoms with Crippen LogP contribution < -0.4 is 10.7 Å². The Morgan fingerprint density at radius 3 is 2.56 bits per heavy atom. The molecule has 0 atom stereocenters. The van der Waals surface area contributed by atoms with Gasteiger partial charge < -0.3 is 20.7 Å². The predicted molar refractivity (Wildman–Crippen MR) is 97.4 cm³/mol. The first-order valence-electron chi connectivity index (χ1n) is 7.39. The zero-order valence-electron chi connectivity index (χ0n) is 13.4. The van der Waals surface area contributed by atoms with Crippen molar-refractivity contribution >= 4 is 22.9 Å². The predicted octanol–water partition coefficient (Wildman–Crippen LogP) is 0.354. The van der Waals surface area contributed by atoms with Gasteiger partial charge in [-0.3, -0.25) is 14.6 Å². The minimum absolute atomic E-state index is 0. The summed E-state index contributed by atoms with van der Waals surface area (Å²) in [6.07, 6.45) is 1.66. The summed E-state index contributed by atoms with van der Waals surface area (Å²) in [6, 6.07) is 9.65. The number of fused-ring (bicyclic) bond motifs is 1. The fourth-order valence-corrected chi connectivity index (χ4v) is 3.10. The van der Waals surface area contributed by atoms with Crippen LogP contribution in [0, 0.1) is 5.92 Å². The summed E-state index contributed by atoms with van der Waals surface area (Å²) in [6.45, 7) is 2.27. The van der Waals surface area contributed by atoms with E-state index in [0.29, 0.717) is 17.0 Å². The summed E-state index contributed by atoms with van der Waals surface area (Å²) in [7, 11) is 0. The summed E-state index contributed by atoms with van der Waals surface area (Å²) in [5, 5.41) is 10.9. The van der Waals surface area contributed by atoms with E-state index in [0.717, 1.165) is 35.7 Å². The van der Waals surface area contributed by atoms with Crippen LogP contribution in [0.1, 0.15) is 0 Å². The van der Waals surface area contributed by atoms with Gasteiger partial charge in [-0.1, -0.05) is 12.1 Å². The average molecular weight is 364 g/mol. The molecule has 3 aromatic rings. The Morgan fingerprint density at radius 2 is 1.96 bits per heavy atom. The Kier molecular flexibility index (Phi) is 5.98. The quantitative estimate of drug-likeness (QED) is 0.641. The maximum Gasteiger partial charge on any atom is 0.259 e. The minimum atomic E-state index is -0.120. The van der Waals surface area contributed by atoms with Crippen LogP contribution in [-0.2, 0) is 11.3 Å². The molecule has 0 radical (unpaired) electrons. The molecule has 8 nitrogen and oxygen atoms in total. The number of hydrogen-bond donors (Lipinski definition) is 2. The molecule has 4 rings (SSSR count). The summed E-state index contributed by atoms with van der Waals surface area (Å²) in [5.41, 5.74) is 2.35. The van der Waals surface area contributed by atoms with Gasteiger partial charge in [-0.05, 0) is 30.1 Å². The molecule has 1 aromatic carbocycles. The van der Waals surface area contributed by atoms with E-state index in [4.69, 9.17) is 15.0 Å². The van der Waals surface area contributed by atoms with Gasteiger partial charge in [0.05, 0.1) is 24.1 Å². The first kappa shape index (κ1) is 19.2. The lowest BCUT2D eigenvalue weighted by Gasteiger charge is -2.25. The molecular weight excluding hydrogens is 344 g/mol. The van der Waals surface area contributed by atoms with Gasteiger partial charge in [-0.2, -0.15) is 5.10 Å². The highest BCUT2D eigenvalue weighted by molar-refractivity contribution is 7.97. The third kappa shape index (κ3) is 3.46. The summed E-state index contributed by atoms with van der Waals surface area (Å²) in [5.74, 6) is 0.459. The monoisotopic (exact) mass is 364 g/mol. The number of benzene rings is 1. The van der Waals surface area contributed by atoms with E-state index in [9.17, 15) is 4.79 Å². The molecule has 0 bridgehead atoms. The maximum atomic E-state index is 12.3. The van der Waals surface area contributed by atoms with E-state index < -0.39 is 0 Å². The van der Waals surface area contributed by atoms with Crippen molar-refractivity contribution in [2.24, 2.45) is 11.1 Å². The van der Waals surface area contributed by atoms with Crippen LogP contribution in [0.15, 0.2) is 46.2 Å². The third-order valence-corrected chi connectivity index (χ3v) is 4.62. The van der Waals surface area contributed by atoms with Gasteiger partial charge in [0.15, 0.2) is 0 Å². The van der Waals surface area contributed by atoms with E-state index in [2.05, 4.69) is 4.98 Å². The Balaban J connectivity index is 0.00000113. The van der Waals surface area contributed by atoms with Gasteiger partial charge in [-0.15, -0.1) is 0 Å². The number of aromatic nitrogens is 3. The van der Waals surface area contributed by atoms with Crippen molar-refractivity contribution in [2.75, 3.05) is 13.2 Å². The number of rotatable bonds is 4. The minimum Gasteiger partial charge on any atom is -0.412 e. The molecular formula is C16H20N4O4S. The number of ether oxygens (including phenoxy) is 1. The highest BCUT2D eigenvalue weighted by Crippen LogP contribution is 2.27. The summed E-state index contributed by atoms with van der Waals surface area (Å²) in [4.78, 5) is 16.0. The van der Waals surface area contributed by atoms with E-state index in [-0.39, 0.29) is 16.5 Å². The van der Waals surface area contributed by atoms with Gasteiger partial charge >= 0.3 is 0 Å². The van der Waals surface area contributed by atoms with Crippen molar-refractivity contribution in [2.45, 2.75) is 11.4 Å². The molecule has 0 saturated carbocycles. The zero-order valence-corrected chi connectivity index (χ0v) is 14.2. The molecule has 1 saturated heterocycles. The summed E-state index contributed by atoms with van der Waals surface area (Å²) < 4.78 is 7.15. The molecule has 134 valence electrons. The second-order valence-electron chi connectivity index (χ2n) is 5.64. The van der Waals surface area contributed by atoms with Gasteiger partial charge in [0.25, 0.3) is 5.56 Å². The Hall–Kier alpha value is -2.17. The van der Waals surface area contributed by atoms with E-state index >= 15 is 0 Å². The molecule has 1 aliphatic heterocycles. The van der Waals surface area contributed by atoms with Crippen molar-refractivity contribution in [3.63, 3.8) is 0 Å². The number of nitrogens with zero attached hydrogens (tertiary/aromatic N) is 2. The molecule has 0 aliphatic carbocycles. The lowest BCUT2D eigenvalue weighted by atomic mass is 10.1. The number of pyridine rings is 1. The second kappa shape index (κ2) is 7.81. The van der Waals surface area contributed by atoms with Crippen molar-refractivity contribution < 1.29 is 15.7 Å². The lowest BCUT2D eigenvalue weighted by Crippen LogP contribution is -2.31.